The third-order valence-electron chi connectivity index (χ3n) is 2.81. The summed E-state index contributed by atoms with van der Waals surface area (Å²) in [4.78, 5) is 29.5. The van der Waals surface area contributed by atoms with Gasteiger partial charge in [-0.1, -0.05) is 31.2 Å². The van der Waals surface area contributed by atoms with E-state index < -0.39 is 11.8 Å². The Labute approximate surface area is 106 Å². The van der Waals surface area contributed by atoms with Crippen LogP contribution in [0, 0.1) is 0 Å². The standard InChI is InChI=1S/C14H15NO3/c1-3-7-10(4-2)18-15-13(16)11-8-5-6-9-12(11)14(15)17/h3,5-10H,4H2,1-2H3/t10-/m0/s1. The van der Waals surface area contributed by atoms with Crippen LogP contribution in [-0.2, 0) is 4.84 Å². The molecular formula is C14H15NO3. The lowest BCUT2D eigenvalue weighted by Crippen LogP contribution is -2.33. The van der Waals surface area contributed by atoms with E-state index in [1.807, 2.05) is 26.0 Å². The van der Waals surface area contributed by atoms with Crippen molar-refractivity contribution in [3.05, 3.63) is 47.5 Å². The number of allylic oxidation sites excluding steroid dienone is 1. The molecule has 2 amide bonds. The summed E-state index contributed by atoms with van der Waals surface area (Å²) in [6.07, 6.45) is 4.09. The summed E-state index contributed by atoms with van der Waals surface area (Å²) in [5, 5.41) is 0.860. The van der Waals surface area contributed by atoms with Crippen LogP contribution >= 0.6 is 0 Å². The molecular weight excluding hydrogens is 230 g/mol. The number of carbonyl (C=O) groups excluding carboxylic acids is 2. The van der Waals surface area contributed by atoms with Gasteiger partial charge in [-0.15, -0.1) is 5.06 Å². The van der Waals surface area contributed by atoms with Crippen molar-refractivity contribution in [3.8, 4) is 0 Å². The van der Waals surface area contributed by atoms with Crippen molar-refractivity contribution in [1.82, 2.24) is 5.06 Å². The lowest BCUT2D eigenvalue weighted by molar-refractivity contribution is -0.117. The molecule has 0 unspecified atom stereocenters. The Morgan fingerprint density at radius 1 is 1.22 bits per heavy atom. The zero-order valence-electron chi connectivity index (χ0n) is 10.4. The predicted octanol–water partition coefficient (Wildman–Crippen LogP) is 2.57. The summed E-state index contributed by atoms with van der Waals surface area (Å²) in [6.45, 7) is 3.80. The van der Waals surface area contributed by atoms with Gasteiger partial charge in [-0.05, 0) is 25.5 Å². The molecule has 1 aliphatic heterocycles. The van der Waals surface area contributed by atoms with Gasteiger partial charge in [0.15, 0.2) is 0 Å². The van der Waals surface area contributed by atoms with Crippen LogP contribution in [0.3, 0.4) is 0 Å². The third-order valence-corrected chi connectivity index (χ3v) is 2.81. The molecule has 0 bridgehead atoms. The Kier molecular flexibility index (Phi) is 3.58. The van der Waals surface area contributed by atoms with Crippen molar-refractivity contribution in [1.29, 1.82) is 0 Å². The van der Waals surface area contributed by atoms with E-state index in [0.29, 0.717) is 17.5 Å². The molecule has 0 aliphatic carbocycles. The first-order valence-corrected chi connectivity index (χ1v) is 5.96. The fraction of sp³-hybridized carbons (Fsp3) is 0.286. The van der Waals surface area contributed by atoms with Crippen LogP contribution in [0.15, 0.2) is 36.4 Å². The molecule has 4 nitrogen and oxygen atoms in total. The van der Waals surface area contributed by atoms with Crippen molar-refractivity contribution in [2.75, 3.05) is 0 Å². The molecule has 1 heterocycles. The van der Waals surface area contributed by atoms with Gasteiger partial charge in [-0.3, -0.25) is 14.4 Å². The second-order valence-corrected chi connectivity index (χ2v) is 4.03. The van der Waals surface area contributed by atoms with E-state index in [4.69, 9.17) is 4.84 Å². The molecule has 1 atom stereocenters. The topological polar surface area (TPSA) is 46.6 Å². The summed E-state index contributed by atoms with van der Waals surface area (Å²) in [5.74, 6) is -0.780. The van der Waals surface area contributed by atoms with Crippen molar-refractivity contribution in [2.24, 2.45) is 0 Å². The van der Waals surface area contributed by atoms with E-state index in [1.54, 1.807) is 24.3 Å². The number of amides is 2. The number of nitrogens with zero attached hydrogens (tertiary/aromatic N) is 1. The van der Waals surface area contributed by atoms with E-state index in [-0.39, 0.29) is 6.10 Å². The van der Waals surface area contributed by atoms with Crippen LogP contribution in [0.5, 0.6) is 0 Å². The van der Waals surface area contributed by atoms with Gasteiger partial charge in [0.2, 0.25) is 0 Å². The molecule has 0 spiro atoms. The Hall–Kier alpha value is -1.94. The zero-order valence-corrected chi connectivity index (χ0v) is 10.4. The number of hydrogen-bond acceptors (Lipinski definition) is 3. The summed E-state index contributed by atoms with van der Waals surface area (Å²) < 4.78 is 0. The molecule has 0 saturated carbocycles. The van der Waals surface area contributed by atoms with E-state index >= 15 is 0 Å². The van der Waals surface area contributed by atoms with Crippen LogP contribution < -0.4 is 0 Å². The Morgan fingerprint density at radius 2 is 1.78 bits per heavy atom. The molecule has 0 fully saturated rings. The fourth-order valence-electron chi connectivity index (χ4n) is 1.86. The van der Waals surface area contributed by atoms with E-state index in [9.17, 15) is 9.59 Å². The fourth-order valence-corrected chi connectivity index (χ4v) is 1.86. The van der Waals surface area contributed by atoms with E-state index in [2.05, 4.69) is 0 Å². The molecule has 1 aromatic carbocycles. The molecule has 1 aromatic rings. The summed E-state index contributed by atoms with van der Waals surface area (Å²) >= 11 is 0. The Morgan fingerprint density at radius 3 is 2.22 bits per heavy atom. The molecule has 94 valence electrons. The van der Waals surface area contributed by atoms with Crippen molar-refractivity contribution in [2.45, 2.75) is 26.4 Å². The first-order chi connectivity index (χ1) is 8.69. The van der Waals surface area contributed by atoms with E-state index in [0.717, 1.165) is 5.06 Å². The van der Waals surface area contributed by atoms with E-state index in [1.165, 1.54) is 0 Å². The van der Waals surface area contributed by atoms with Gasteiger partial charge in [0, 0.05) is 0 Å². The largest absolute Gasteiger partial charge is 0.285 e. The van der Waals surface area contributed by atoms with Gasteiger partial charge in [-0.25, -0.2) is 0 Å². The molecule has 0 radical (unpaired) electrons. The minimum atomic E-state index is -0.390. The second-order valence-electron chi connectivity index (χ2n) is 4.03. The summed E-state index contributed by atoms with van der Waals surface area (Å²) in [6, 6.07) is 6.73. The summed E-state index contributed by atoms with van der Waals surface area (Å²) in [7, 11) is 0. The Bertz CT molecular complexity index is 473. The number of fused-ring (bicyclic) bond motifs is 1. The van der Waals surface area contributed by atoms with Crippen LogP contribution in [0.4, 0.5) is 0 Å². The lowest BCUT2D eigenvalue weighted by atomic mass is 10.1. The zero-order chi connectivity index (χ0) is 13.1. The minimum absolute atomic E-state index is 0.266. The number of benzene rings is 1. The normalized spacial score (nSPS) is 16.4. The number of imide groups is 1. The van der Waals surface area contributed by atoms with Crippen LogP contribution in [0.25, 0.3) is 0 Å². The highest BCUT2D eigenvalue weighted by molar-refractivity contribution is 6.20. The number of hydroxylamine groups is 2. The average molecular weight is 245 g/mol. The quantitative estimate of drug-likeness (QED) is 0.605. The smallest absolute Gasteiger partial charge is 0.266 e. The van der Waals surface area contributed by atoms with Crippen LogP contribution in [-0.4, -0.2) is 23.0 Å². The summed E-state index contributed by atoms with van der Waals surface area (Å²) in [5.41, 5.74) is 0.802. The SMILES string of the molecule is CC=C[C@H](CC)ON1C(=O)c2ccccc2C1=O. The molecule has 2 rings (SSSR count). The number of rotatable bonds is 4. The van der Waals surface area contributed by atoms with Gasteiger partial charge in [-0.2, -0.15) is 0 Å². The van der Waals surface area contributed by atoms with Gasteiger partial charge in [0.05, 0.1) is 11.1 Å². The van der Waals surface area contributed by atoms with Crippen molar-refractivity contribution >= 4 is 11.8 Å². The third kappa shape index (κ3) is 2.07. The van der Waals surface area contributed by atoms with Gasteiger partial charge in [0.25, 0.3) is 11.8 Å². The average Bonchev–Trinajstić information content (AvgIpc) is 2.64. The van der Waals surface area contributed by atoms with Crippen LogP contribution in [0.1, 0.15) is 41.0 Å². The number of carbonyl (C=O) groups is 2. The van der Waals surface area contributed by atoms with Gasteiger partial charge < -0.3 is 0 Å². The molecule has 0 saturated heterocycles. The minimum Gasteiger partial charge on any atom is -0.266 e. The monoisotopic (exact) mass is 245 g/mol. The van der Waals surface area contributed by atoms with Crippen molar-refractivity contribution < 1.29 is 14.4 Å². The second kappa shape index (κ2) is 5.14. The predicted molar refractivity (Wildman–Crippen MR) is 66.9 cm³/mol. The maximum Gasteiger partial charge on any atom is 0.285 e. The maximum absolute atomic E-state index is 12.0. The molecule has 1 aliphatic rings. The highest BCUT2D eigenvalue weighted by Gasteiger charge is 2.37. The first-order valence-electron chi connectivity index (χ1n) is 5.96. The van der Waals surface area contributed by atoms with Crippen LogP contribution in [0.2, 0.25) is 0 Å². The van der Waals surface area contributed by atoms with Gasteiger partial charge in [0.1, 0.15) is 6.10 Å². The maximum atomic E-state index is 12.0. The molecule has 18 heavy (non-hydrogen) atoms. The number of hydrogen-bond donors (Lipinski definition) is 0. The highest BCUT2D eigenvalue weighted by atomic mass is 16.7. The molecule has 0 aromatic heterocycles. The first kappa shape index (κ1) is 12.5. The molecule has 4 heteroatoms. The molecule has 0 N–H and O–H groups in total. The van der Waals surface area contributed by atoms with Crippen molar-refractivity contribution in [3.63, 3.8) is 0 Å². The Balaban J connectivity index is 2.23. The highest BCUT2D eigenvalue weighted by Crippen LogP contribution is 2.23. The lowest BCUT2D eigenvalue weighted by Gasteiger charge is -2.18. The van der Waals surface area contributed by atoms with Gasteiger partial charge >= 0.3 is 0 Å².